The summed E-state index contributed by atoms with van der Waals surface area (Å²) in [6.07, 6.45) is 3.72. The summed E-state index contributed by atoms with van der Waals surface area (Å²) < 4.78 is 13.1. The minimum Gasteiger partial charge on any atom is -0.481 e. The Hall–Kier alpha value is -2.63. The maximum absolute atomic E-state index is 13.1. The lowest BCUT2D eigenvalue weighted by atomic mass is 9.90. The van der Waals surface area contributed by atoms with Crippen molar-refractivity contribution in [1.82, 2.24) is 9.88 Å². The molecule has 2 heterocycles. The molecule has 1 aromatic heterocycles. The van der Waals surface area contributed by atoms with Crippen LogP contribution >= 0.6 is 0 Å². The van der Waals surface area contributed by atoms with E-state index < -0.39 is 11.4 Å². The number of hydrogen-bond donors (Lipinski definition) is 2. The first kappa shape index (κ1) is 15.3. The van der Waals surface area contributed by atoms with Gasteiger partial charge < -0.3 is 15.0 Å². The van der Waals surface area contributed by atoms with Crippen LogP contribution in [0.15, 0.2) is 36.7 Å². The molecule has 6 heteroatoms. The number of hydrogen-bond acceptors (Lipinski definition) is 2. The number of carbonyl (C=O) groups is 2. The third-order valence-electron chi connectivity index (χ3n) is 4.41. The van der Waals surface area contributed by atoms with E-state index in [9.17, 15) is 19.1 Å². The number of likely N-dealkylation sites (tertiary alicyclic amines) is 1. The van der Waals surface area contributed by atoms with Gasteiger partial charge in [-0.25, -0.2) is 4.39 Å². The van der Waals surface area contributed by atoms with E-state index >= 15 is 0 Å². The highest BCUT2D eigenvalue weighted by Crippen LogP contribution is 2.32. The molecule has 23 heavy (non-hydrogen) atoms. The predicted molar refractivity (Wildman–Crippen MR) is 82.5 cm³/mol. The largest absolute Gasteiger partial charge is 0.481 e. The zero-order chi connectivity index (χ0) is 16.6. The number of nitrogens with zero attached hydrogens (tertiary/aromatic N) is 1. The van der Waals surface area contributed by atoms with Gasteiger partial charge in [0, 0.05) is 31.0 Å². The van der Waals surface area contributed by atoms with Gasteiger partial charge in [-0.3, -0.25) is 9.59 Å². The highest BCUT2D eigenvalue weighted by Gasteiger charge is 2.42. The fraction of sp³-hybridized carbons (Fsp3) is 0.294. The molecule has 1 unspecified atom stereocenters. The van der Waals surface area contributed by atoms with Crippen LogP contribution in [0.3, 0.4) is 0 Å². The second-order valence-electron chi connectivity index (χ2n) is 6.13. The third-order valence-corrected chi connectivity index (χ3v) is 4.41. The SMILES string of the molecule is CC1(C(=O)O)CCN(C(=O)c2c[nH]cc2-c2ccc(F)cc2)C1. The number of aliphatic carboxylic acids is 1. The number of carboxylic acids is 1. The zero-order valence-electron chi connectivity index (χ0n) is 12.7. The molecule has 3 rings (SSSR count). The summed E-state index contributed by atoms with van der Waals surface area (Å²) in [7, 11) is 0. The number of carboxylic acid groups (broad SMARTS) is 1. The van der Waals surface area contributed by atoms with Crippen molar-refractivity contribution >= 4 is 11.9 Å². The van der Waals surface area contributed by atoms with Crippen LogP contribution in [0.2, 0.25) is 0 Å². The van der Waals surface area contributed by atoms with Gasteiger partial charge in [0.25, 0.3) is 5.91 Å². The van der Waals surface area contributed by atoms with Gasteiger partial charge in [-0.2, -0.15) is 0 Å². The van der Waals surface area contributed by atoms with Crippen LogP contribution in [0.1, 0.15) is 23.7 Å². The number of amides is 1. The van der Waals surface area contributed by atoms with E-state index in [-0.39, 0.29) is 18.3 Å². The smallest absolute Gasteiger partial charge is 0.311 e. The van der Waals surface area contributed by atoms with E-state index in [1.54, 1.807) is 36.4 Å². The molecule has 1 aliphatic heterocycles. The van der Waals surface area contributed by atoms with Crippen molar-refractivity contribution in [3.8, 4) is 11.1 Å². The number of aromatic nitrogens is 1. The topological polar surface area (TPSA) is 73.4 Å². The van der Waals surface area contributed by atoms with Gasteiger partial charge in [0.15, 0.2) is 0 Å². The minimum atomic E-state index is -0.901. The summed E-state index contributed by atoms with van der Waals surface area (Å²) in [6.45, 7) is 2.26. The molecule has 1 saturated heterocycles. The van der Waals surface area contributed by atoms with Gasteiger partial charge in [0.05, 0.1) is 11.0 Å². The van der Waals surface area contributed by atoms with E-state index in [2.05, 4.69) is 4.98 Å². The standard InChI is InChI=1S/C17H17FN2O3/c1-17(16(22)23)6-7-20(10-17)15(21)14-9-19-8-13(14)11-2-4-12(18)5-3-11/h2-5,8-9,19H,6-7,10H2,1H3,(H,22,23). The first-order valence-electron chi connectivity index (χ1n) is 7.36. The maximum atomic E-state index is 13.1. The molecule has 1 aromatic carbocycles. The van der Waals surface area contributed by atoms with Crippen LogP contribution in [0.5, 0.6) is 0 Å². The zero-order valence-corrected chi connectivity index (χ0v) is 12.7. The van der Waals surface area contributed by atoms with Gasteiger partial charge in [-0.1, -0.05) is 12.1 Å². The Balaban J connectivity index is 1.86. The molecule has 1 atom stereocenters. The summed E-state index contributed by atoms with van der Waals surface area (Å²) in [5.74, 6) is -1.44. The molecular formula is C17H17FN2O3. The maximum Gasteiger partial charge on any atom is 0.311 e. The number of aromatic amines is 1. The monoisotopic (exact) mass is 316 g/mol. The van der Waals surface area contributed by atoms with E-state index in [1.807, 2.05) is 0 Å². The molecule has 0 aliphatic carbocycles. The Morgan fingerprint density at radius 1 is 1.26 bits per heavy atom. The summed E-state index contributed by atoms with van der Waals surface area (Å²) in [5, 5.41) is 9.28. The molecule has 2 aromatic rings. The molecule has 0 bridgehead atoms. The van der Waals surface area contributed by atoms with Crippen molar-refractivity contribution in [1.29, 1.82) is 0 Å². The second kappa shape index (κ2) is 5.53. The first-order chi connectivity index (χ1) is 10.9. The number of halogens is 1. The van der Waals surface area contributed by atoms with Crippen LogP contribution < -0.4 is 0 Å². The molecule has 2 N–H and O–H groups in total. The summed E-state index contributed by atoms with van der Waals surface area (Å²) >= 11 is 0. The molecule has 0 radical (unpaired) electrons. The minimum absolute atomic E-state index is 0.190. The summed E-state index contributed by atoms with van der Waals surface area (Å²) in [4.78, 5) is 28.5. The van der Waals surface area contributed by atoms with E-state index in [0.717, 1.165) is 5.56 Å². The average molecular weight is 316 g/mol. The van der Waals surface area contributed by atoms with Crippen LogP contribution in [0.25, 0.3) is 11.1 Å². The second-order valence-corrected chi connectivity index (χ2v) is 6.13. The van der Waals surface area contributed by atoms with Crippen molar-refractivity contribution in [2.75, 3.05) is 13.1 Å². The van der Waals surface area contributed by atoms with E-state index in [4.69, 9.17) is 0 Å². The van der Waals surface area contributed by atoms with Gasteiger partial charge >= 0.3 is 5.97 Å². The van der Waals surface area contributed by atoms with E-state index in [0.29, 0.717) is 24.1 Å². The predicted octanol–water partition coefficient (Wildman–Crippen LogP) is 2.76. The van der Waals surface area contributed by atoms with Crippen molar-refractivity contribution in [3.63, 3.8) is 0 Å². The summed E-state index contributed by atoms with van der Waals surface area (Å²) in [6, 6.07) is 5.91. The number of H-pyrrole nitrogens is 1. The van der Waals surface area contributed by atoms with Crippen LogP contribution in [0.4, 0.5) is 4.39 Å². The van der Waals surface area contributed by atoms with Gasteiger partial charge in [-0.15, -0.1) is 0 Å². The van der Waals surface area contributed by atoms with Crippen molar-refractivity contribution in [3.05, 3.63) is 48.0 Å². The molecule has 0 saturated carbocycles. The fourth-order valence-electron chi connectivity index (χ4n) is 2.89. The van der Waals surface area contributed by atoms with Crippen LogP contribution in [-0.2, 0) is 4.79 Å². The van der Waals surface area contributed by atoms with Gasteiger partial charge in [0.2, 0.25) is 0 Å². The van der Waals surface area contributed by atoms with Gasteiger partial charge in [0.1, 0.15) is 5.82 Å². The molecule has 0 spiro atoms. The Morgan fingerprint density at radius 2 is 1.96 bits per heavy atom. The molecule has 120 valence electrons. The Bertz CT molecular complexity index is 753. The number of nitrogens with one attached hydrogen (secondary N) is 1. The fourth-order valence-corrected chi connectivity index (χ4v) is 2.89. The number of rotatable bonds is 3. The lowest BCUT2D eigenvalue weighted by Crippen LogP contribution is -2.34. The van der Waals surface area contributed by atoms with Crippen molar-refractivity contribution in [2.45, 2.75) is 13.3 Å². The highest BCUT2D eigenvalue weighted by atomic mass is 19.1. The van der Waals surface area contributed by atoms with Crippen LogP contribution in [-0.4, -0.2) is 40.0 Å². The molecule has 1 amide bonds. The van der Waals surface area contributed by atoms with Crippen molar-refractivity contribution in [2.24, 2.45) is 5.41 Å². The average Bonchev–Trinajstić information content (AvgIpc) is 3.15. The molecule has 1 aliphatic rings. The summed E-state index contributed by atoms with van der Waals surface area (Å²) in [5.41, 5.74) is 0.975. The van der Waals surface area contributed by atoms with E-state index in [1.165, 1.54) is 12.1 Å². The lowest BCUT2D eigenvalue weighted by molar-refractivity contribution is -0.147. The Kier molecular flexibility index (Phi) is 3.67. The molecule has 5 nitrogen and oxygen atoms in total. The quantitative estimate of drug-likeness (QED) is 0.914. The molecule has 1 fully saturated rings. The Morgan fingerprint density at radius 3 is 2.57 bits per heavy atom. The first-order valence-corrected chi connectivity index (χ1v) is 7.36. The molecular weight excluding hydrogens is 299 g/mol. The Labute approximate surface area is 132 Å². The van der Waals surface area contributed by atoms with Crippen LogP contribution in [0, 0.1) is 11.2 Å². The highest BCUT2D eigenvalue weighted by molar-refractivity contribution is 6.01. The lowest BCUT2D eigenvalue weighted by Gasteiger charge is -2.20. The third kappa shape index (κ3) is 2.72. The normalized spacial score (nSPS) is 20.7. The van der Waals surface area contributed by atoms with Gasteiger partial charge in [-0.05, 0) is 31.0 Å². The number of benzene rings is 1. The van der Waals surface area contributed by atoms with Crippen molar-refractivity contribution < 1.29 is 19.1 Å². The number of carbonyl (C=O) groups excluding carboxylic acids is 1.